The van der Waals surface area contributed by atoms with Crippen LogP contribution < -0.4 is 10.1 Å². The highest BCUT2D eigenvalue weighted by molar-refractivity contribution is 5.80. The van der Waals surface area contributed by atoms with Crippen LogP contribution in [-0.4, -0.2) is 27.2 Å². The van der Waals surface area contributed by atoms with Crippen molar-refractivity contribution in [3.63, 3.8) is 0 Å². The molecular formula is C13H13N5O. The third kappa shape index (κ3) is 2.20. The van der Waals surface area contributed by atoms with E-state index in [-0.39, 0.29) is 0 Å². The van der Waals surface area contributed by atoms with Gasteiger partial charge in [-0.3, -0.25) is 5.10 Å². The van der Waals surface area contributed by atoms with E-state index >= 15 is 0 Å². The number of benzene rings is 1. The van der Waals surface area contributed by atoms with Gasteiger partial charge in [-0.2, -0.15) is 15.1 Å². The second-order valence-corrected chi connectivity index (χ2v) is 4.15. The molecule has 0 unspecified atom stereocenters. The van der Waals surface area contributed by atoms with Gasteiger partial charge in [0.1, 0.15) is 11.1 Å². The van der Waals surface area contributed by atoms with Crippen LogP contribution in [0, 0.1) is 6.92 Å². The molecule has 0 aliphatic heterocycles. The maximum atomic E-state index is 5.80. The zero-order valence-corrected chi connectivity index (χ0v) is 10.6. The summed E-state index contributed by atoms with van der Waals surface area (Å²) in [6.07, 6.45) is 1.65. The predicted molar refractivity (Wildman–Crippen MR) is 72.5 cm³/mol. The molecule has 19 heavy (non-hydrogen) atoms. The van der Waals surface area contributed by atoms with Crippen molar-refractivity contribution in [1.82, 2.24) is 20.2 Å². The maximum Gasteiger partial charge on any atom is 0.235 e. The molecule has 0 saturated heterocycles. The number of nitrogens with zero attached hydrogens (tertiary/aromatic N) is 3. The number of hydrogen-bond donors (Lipinski definition) is 2. The first-order valence-electron chi connectivity index (χ1n) is 5.89. The lowest BCUT2D eigenvalue weighted by molar-refractivity contribution is 0.469. The van der Waals surface area contributed by atoms with E-state index in [1.807, 2.05) is 31.2 Å². The predicted octanol–water partition coefficient (Wildman–Crippen LogP) is 2.50. The minimum absolute atomic E-state index is 0.479. The van der Waals surface area contributed by atoms with E-state index in [0.717, 1.165) is 11.1 Å². The summed E-state index contributed by atoms with van der Waals surface area (Å²) in [7, 11) is 1.76. The smallest absolute Gasteiger partial charge is 0.235 e. The molecule has 0 spiro atoms. The van der Waals surface area contributed by atoms with Crippen molar-refractivity contribution in [2.24, 2.45) is 0 Å². The van der Waals surface area contributed by atoms with Crippen LogP contribution in [0.15, 0.2) is 30.5 Å². The van der Waals surface area contributed by atoms with Gasteiger partial charge in [0.2, 0.25) is 11.8 Å². The number of ether oxygens (including phenoxy) is 1. The van der Waals surface area contributed by atoms with Gasteiger partial charge < -0.3 is 10.1 Å². The molecule has 3 rings (SSSR count). The van der Waals surface area contributed by atoms with Crippen LogP contribution in [-0.2, 0) is 0 Å². The highest BCUT2D eigenvalue weighted by Gasteiger charge is 2.10. The zero-order chi connectivity index (χ0) is 13.2. The van der Waals surface area contributed by atoms with Crippen molar-refractivity contribution in [2.75, 3.05) is 12.4 Å². The summed E-state index contributed by atoms with van der Waals surface area (Å²) in [6.45, 7) is 2.03. The van der Waals surface area contributed by atoms with Gasteiger partial charge in [-0.25, -0.2) is 0 Å². The molecule has 3 aromatic rings. The van der Waals surface area contributed by atoms with Crippen LogP contribution in [0.1, 0.15) is 5.56 Å². The Balaban J connectivity index is 2.03. The molecule has 6 nitrogen and oxygen atoms in total. The molecule has 1 aromatic carbocycles. The standard InChI is InChI=1S/C13H13N5O/c1-8-3-5-9(6-4-8)19-12-10-7-15-18-11(10)16-13(14-2)17-12/h3-7H,1-2H3,(H2,14,15,16,17,18). The van der Waals surface area contributed by atoms with Gasteiger partial charge in [-0.15, -0.1) is 0 Å². The van der Waals surface area contributed by atoms with Gasteiger partial charge >= 0.3 is 0 Å². The third-order valence-electron chi connectivity index (χ3n) is 2.73. The van der Waals surface area contributed by atoms with E-state index in [1.54, 1.807) is 13.2 Å². The lowest BCUT2D eigenvalue weighted by atomic mass is 10.2. The van der Waals surface area contributed by atoms with Crippen molar-refractivity contribution < 1.29 is 4.74 Å². The Hall–Kier alpha value is -2.63. The van der Waals surface area contributed by atoms with Gasteiger partial charge in [0.05, 0.1) is 6.20 Å². The fourth-order valence-corrected chi connectivity index (χ4v) is 1.72. The topological polar surface area (TPSA) is 75.7 Å². The highest BCUT2D eigenvalue weighted by Crippen LogP contribution is 2.27. The van der Waals surface area contributed by atoms with Crippen LogP contribution in [0.25, 0.3) is 11.0 Å². The van der Waals surface area contributed by atoms with Crippen LogP contribution in [0.3, 0.4) is 0 Å². The van der Waals surface area contributed by atoms with E-state index < -0.39 is 0 Å². The Labute approximate surface area is 109 Å². The summed E-state index contributed by atoms with van der Waals surface area (Å²) in [6, 6.07) is 7.79. The van der Waals surface area contributed by atoms with Gasteiger partial charge in [-0.05, 0) is 19.1 Å². The van der Waals surface area contributed by atoms with Crippen molar-refractivity contribution in [3.8, 4) is 11.6 Å². The molecule has 0 radical (unpaired) electrons. The molecule has 0 aliphatic rings. The molecule has 0 amide bonds. The maximum absolute atomic E-state index is 5.80. The first-order valence-corrected chi connectivity index (χ1v) is 5.89. The first-order chi connectivity index (χ1) is 9.26. The molecule has 0 fully saturated rings. The quantitative estimate of drug-likeness (QED) is 0.752. The first kappa shape index (κ1) is 11.5. The molecule has 96 valence electrons. The minimum atomic E-state index is 0.479. The number of fused-ring (bicyclic) bond motifs is 1. The second kappa shape index (κ2) is 4.56. The summed E-state index contributed by atoms with van der Waals surface area (Å²) < 4.78 is 5.80. The number of aryl methyl sites for hydroxylation is 1. The molecule has 0 saturated carbocycles. The Morgan fingerprint density at radius 1 is 1.16 bits per heavy atom. The number of hydrogen-bond acceptors (Lipinski definition) is 5. The number of rotatable bonds is 3. The van der Waals surface area contributed by atoms with E-state index in [4.69, 9.17) is 4.74 Å². The Bertz CT molecular complexity index is 705. The largest absolute Gasteiger partial charge is 0.438 e. The van der Waals surface area contributed by atoms with Crippen molar-refractivity contribution in [2.45, 2.75) is 6.92 Å². The number of anilines is 1. The van der Waals surface area contributed by atoms with Crippen molar-refractivity contribution >= 4 is 17.0 Å². The normalized spacial score (nSPS) is 10.6. The van der Waals surface area contributed by atoms with E-state index in [2.05, 4.69) is 25.5 Å². The summed E-state index contributed by atoms with van der Waals surface area (Å²) in [4.78, 5) is 8.55. The number of aromatic amines is 1. The van der Waals surface area contributed by atoms with Crippen LogP contribution >= 0.6 is 0 Å². The Morgan fingerprint density at radius 3 is 2.68 bits per heavy atom. The van der Waals surface area contributed by atoms with Gasteiger partial charge in [0, 0.05) is 7.05 Å². The van der Waals surface area contributed by atoms with Crippen LogP contribution in [0.5, 0.6) is 11.6 Å². The summed E-state index contributed by atoms with van der Waals surface area (Å²) in [5.74, 6) is 1.69. The average Bonchev–Trinajstić information content (AvgIpc) is 2.89. The molecule has 0 aliphatic carbocycles. The molecule has 2 aromatic heterocycles. The highest BCUT2D eigenvalue weighted by atomic mass is 16.5. The fraction of sp³-hybridized carbons (Fsp3) is 0.154. The van der Waals surface area contributed by atoms with Crippen LogP contribution in [0.4, 0.5) is 5.95 Å². The Morgan fingerprint density at radius 2 is 1.95 bits per heavy atom. The summed E-state index contributed by atoms with van der Waals surface area (Å²) >= 11 is 0. The average molecular weight is 255 g/mol. The van der Waals surface area contributed by atoms with E-state index in [9.17, 15) is 0 Å². The Kier molecular flexibility index (Phi) is 2.75. The number of aromatic nitrogens is 4. The molecular weight excluding hydrogens is 242 g/mol. The lowest BCUT2D eigenvalue weighted by Crippen LogP contribution is -1.99. The fourth-order valence-electron chi connectivity index (χ4n) is 1.72. The minimum Gasteiger partial charge on any atom is -0.438 e. The third-order valence-corrected chi connectivity index (χ3v) is 2.73. The lowest BCUT2D eigenvalue weighted by Gasteiger charge is -2.07. The van der Waals surface area contributed by atoms with Gasteiger partial charge in [-0.1, -0.05) is 17.7 Å². The molecule has 2 N–H and O–H groups in total. The number of nitrogens with one attached hydrogen (secondary N) is 2. The van der Waals surface area contributed by atoms with Gasteiger partial charge in [0.15, 0.2) is 5.65 Å². The second-order valence-electron chi connectivity index (χ2n) is 4.15. The van der Waals surface area contributed by atoms with E-state index in [0.29, 0.717) is 17.5 Å². The molecule has 0 atom stereocenters. The molecule has 0 bridgehead atoms. The SMILES string of the molecule is CNc1nc(Oc2ccc(C)cc2)c2cn[nH]c2n1. The molecule has 2 heterocycles. The monoisotopic (exact) mass is 255 g/mol. The number of H-pyrrole nitrogens is 1. The van der Waals surface area contributed by atoms with Crippen molar-refractivity contribution in [3.05, 3.63) is 36.0 Å². The van der Waals surface area contributed by atoms with Gasteiger partial charge in [0.25, 0.3) is 0 Å². The summed E-state index contributed by atoms with van der Waals surface area (Å²) in [5.41, 5.74) is 1.82. The van der Waals surface area contributed by atoms with Crippen LogP contribution in [0.2, 0.25) is 0 Å². The van der Waals surface area contributed by atoms with Crippen molar-refractivity contribution in [1.29, 1.82) is 0 Å². The molecule has 6 heteroatoms. The zero-order valence-electron chi connectivity index (χ0n) is 10.6. The van der Waals surface area contributed by atoms with E-state index in [1.165, 1.54) is 5.56 Å². The summed E-state index contributed by atoms with van der Waals surface area (Å²) in [5, 5.41) is 10.4.